The number of anilines is 1. The summed E-state index contributed by atoms with van der Waals surface area (Å²) in [5.41, 5.74) is -0.0728. The average Bonchev–Trinajstić information content (AvgIpc) is 2.62. The van der Waals surface area contributed by atoms with E-state index < -0.39 is 17.4 Å². The highest BCUT2D eigenvalue weighted by Crippen LogP contribution is 2.18. The lowest BCUT2D eigenvalue weighted by Gasteiger charge is -2.34. The molecule has 1 atom stereocenters. The molecule has 2 rings (SSSR count). The summed E-state index contributed by atoms with van der Waals surface area (Å²) >= 11 is 0. The number of esters is 1. The summed E-state index contributed by atoms with van der Waals surface area (Å²) in [6.45, 7) is 8.44. The second-order valence-electron chi connectivity index (χ2n) is 7.60. The Hall–Kier alpha value is -2.64. The SMILES string of the molecule is CCOC(=O)C(F)=Cc1ccc(N[C@@H]2CCCN(C(=O)OC(C)(C)C)C2)nc1. The van der Waals surface area contributed by atoms with E-state index in [4.69, 9.17) is 4.74 Å². The third-order valence-electron chi connectivity index (χ3n) is 3.98. The lowest BCUT2D eigenvalue weighted by atomic mass is 10.1. The highest BCUT2D eigenvalue weighted by molar-refractivity contribution is 5.91. The number of nitrogens with zero attached hydrogens (tertiary/aromatic N) is 2. The third kappa shape index (κ3) is 6.83. The Balaban J connectivity index is 1.93. The number of likely N-dealkylation sites (tertiary alicyclic amines) is 1. The van der Waals surface area contributed by atoms with Crippen LogP contribution < -0.4 is 5.32 Å². The molecule has 2 heterocycles. The van der Waals surface area contributed by atoms with Crippen LogP contribution >= 0.6 is 0 Å². The largest absolute Gasteiger partial charge is 0.461 e. The lowest BCUT2D eigenvalue weighted by molar-refractivity contribution is -0.140. The Labute approximate surface area is 164 Å². The molecule has 28 heavy (non-hydrogen) atoms. The quantitative estimate of drug-likeness (QED) is 0.606. The molecule has 1 amide bonds. The number of rotatable bonds is 5. The van der Waals surface area contributed by atoms with Crippen LogP contribution in [0.3, 0.4) is 0 Å². The van der Waals surface area contributed by atoms with Gasteiger partial charge in [0.05, 0.1) is 6.61 Å². The number of amides is 1. The summed E-state index contributed by atoms with van der Waals surface area (Å²) < 4.78 is 23.7. The minimum Gasteiger partial charge on any atom is -0.461 e. The van der Waals surface area contributed by atoms with Crippen LogP contribution in [0.4, 0.5) is 15.0 Å². The van der Waals surface area contributed by atoms with Crippen molar-refractivity contribution in [2.24, 2.45) is 0 Å². The van der Waals surface area contributed by atoms with Gasteiger partial charge in [0.1, 0.15) is 11.4 Å². The van der Waals surface area contributed by atoms with E-state index in [1.807, 2.05) is 20.8 Å². The smallest absolute Gasteiger partial charge is 0.410 e. The molecule has 7 nitrogen and oxygen atoms in total. The van der Waals surface area contributed by atoms with Crippen LogP contribution in [-0.4, -0.2) is 53.3 Å². The summed E-state index contributed by atoms with van der Waals surface area (Å²) in [5.74, 6) is -1.34. The number of hydrogen-bond donors (Lipinski definition) is 1. The highest BCUT2D eigenvalue weighted by atomic mass is 19.1. The fourth-order valence-electron chi connectivity index (χ4n) is 2.78. The van der Waals surface area contributed by atoms with Gasteiger partial charge in [0.2, 0.25) is 5.83 Å². The molecule has 1 aromatic heterocycles. The number of nitrogens with one attached hydrogen (secondary N) is 1. The standard InChI is InChI=1S/C20H28FN3O4/c1-5-27-18(25)16(21)11-14-8-9-17(22-12-14)23-15-7-6-10-24(13-15)19(26)28-20(2,3)4/h8-9,11-12,15H,5-7,10,13H2,1-4H3,(H,22,23)/t15-/m1/s1. The van der Waals surface area contributed by atoms with E-state index in [2.05, 4.69) is 15.0 Å². The van der Waals surface area contributed by atoms with E-state index in [9.17, 15) is 14.0 Å². The predicted octanol–water partition coefficient (Wildman–Crippen LogP) is 3.77. The maximum Gasteiger partial charge on any atom is 0.410 e. The van der Waals surface area contributed by atoms with Crippen molar-refractivity contribution in [3.63, 3.8) is 0 Å². The van der Waals surface area contributed by atoms with Crippen LogP contribution in [-0.2, 0) is 14.3 Å². The van der Waals surface area contributed by atoms with Gasteiger partial charge in [0, 0.05) is 25.3 Å². The maximum absolute atomic E-state index is 13.7. The molecular weight excluding hydrogens is 365 g/mol. The summed E-state index contributed by atoms with van der Waals surface area (Å²) in [4.78, 5) is 29.5. The summed E-state index contributed by atoms with van der Waals surface area (Å²) in [5, 5.41) is 3.29. The molecule has 154 valence electrons. The van der Waals surface area contributed by atoms with Crippen molar-refractivity contribution in [3.8, 4) is 0 Å². The first-order chi connectivity index (χ1) is 13.2. The number of halogens is 1. The number of piperidine rings is 1. The van der Waals surface area contributed by atoms with Crippen molar-refractivity contribution in [1.29, 1.82) is 0 Å². The molecule has 0 unspecified atom stereocenters. The van der Waals surface area contributed by atoms with Gasteiger partial charge in [0.15, 0.2) is 0 Å². The van der Waals surface area contributed by atoms with E-state index in [0.29, 0.717) is 24.5 Å². The lowest BCUT2D eigenvalue weighted by Crippen LogP contribution is -2.47. The minimum atomic E-state index is -0.992. The number of carbonyl (C=O) groups excluding carboxylic acids is 2. The number of aromatic nitrogens is 1. The Kier molecular flexibility index (Phi) is 7.37. The molecule has 0 bridgehead atoms. The van der Waals surface area contributed by atoms with Gasteiger partial charge in [0.25, 0.3) is 0 Å². The molecular formula is C20H28FN3O4. The molecule has 1 aliphatic rings. The van der Waals surface area contributed by atoms with Gasteiger partial charge >= 0.3 is 12.1 Å². The van der Waals surface area contributed by atoms with E-state index in [1.54, 1.807) is 24.0 Å². The zero-order chi connectivity index (χ0) is 20.7. The molecule has 1 saturated heterocycles. The number of ether oxygens (including phenoxy) is 2. The number of pyridine rings is 1. The van der Waals surface area contributed by atoms with Gasteiger partial charge in [-0.15, -0.1) is 0 Å². The van der Waals surface area contributed by atoms with Crippen molar-refractivity contribution in [2.45, 2.75) is 52.2 Å². The monoisotopic (exact) mass is 393 g/mol. The summed E-state index contributed by atoms with van der Waals surface area (Å²) in [6.07, 6.45) is 4.00. The molecule has 0 saturated carbocycles. The van der Waals surface area contributed by atoms with E-state index in [1.165, 1.54) is 6.20 Å². The van der Waals surface area contributed by atoms with E-state index >= 15 is 0 Å². The van der Waals surface area contributed by atoms with Crippen LogP contribution in [0.25, 0.3) is 6.08 Å². The Morgan fingerprint density at radius 3 is 2.75 bits per heavy atom. The molecule has 1 aliphatic heterocycles. The molecule has 1 fully saturated rings. The first-order valence-corrected chi connectivity index (χ1v) is 9.43. The molecule has 8 heteroatoms. The minimum absolute atomic E-state index is 0.0476. The van der Waals surface area contributed by atoms with Crippen LogP contribution in [0, 0.1) is 0 Å². The van der Waals surface area contributed by atoms with Crippen molar-refractivity contribution >= 4 is 24.0 Å². The first kappa shape index (κ1) is 21.7. The summed E-state index contributed by atoms with van der Waals surface area (Å²) in [6, 6.07) is 3.41. The van der Waals surface area contributed by atoms with Gasteiger partial charge in [-0.05, 0) is 64.3 Å². The first-order valence-electron chi connectivity index (χ1n) is 9.43. The fraction of sp³-hybridized carbons (Fsp3) is 0.550. The van der Waals surface area contributed by atoms with Gasteiger partial charge in [-0.2, -0.15) is 4.39 Å². The zero-order valence-electron chi connectivity index (χ0n) is 16.8. The average molecular weight is 393 g/mol. The van der Waals surface area contributed by atoms with Crippen molar-refractivity contribution in [2.75, 3.05) is 25.0 Å². The van der Waals surface area contributed by atoms with Crippen molar-refractivity contribution in [3.05, 3.63) is 29.7 Å². The number of hydrogen-bond acceptors (Lipinski definition) is 6. The van der Waals surface area contributed by atoms with E-state index in [-0.39, 0.29) is 18.7 Å². The number of carbonyl (C=O) groups is 2. The highest BCUT2D eigenvalue weighted by Gasteiger charge is 2.27. The van der Waals surface area contributed by atoms with Gasteiger partial charge < -0.3 is 19.7 Å². The Morgan fingerprint density at radius 1 is 1.39 bits per heavy atom. The Bertz CT molecular complexity index is 713. The van der Waals surface area contributed by atoms with Gasteiger partial charge in [-0.25, -0.2) is 14.6 Å². The molecule has 0 aliphatic carbocycles. The maximum atomic E-state index is 13.7. The van der Waals surface area contributed by atoms with Crippen LogP contribution in [0.1, 0.15) is 46.1 Å². The van der Waals surface area contributed by atoms with Crippen molar-refractivity contribution < 1.29 is 23.5 Å². The van der Waals surface area contributed by atoms with Gasteiger partial charge in [-0.3, -0.25) is 0 Å². The van der Waals surface area contributed by atoms with Crippen molar-refractivity contribution in [1.82, 2.24) is 9.88 Å². The summed E-state index contributed by atoms with van der Waals surface area (Å²) in [7, 11) is 0. The fourth-order valence-corrected chi connectivity index (χ4v) is 2.78. The van der Waals surface area contributed by atoms with Crippen LogP contribution in [0.5, 0.6) is 0 Å². The molecule has 1 aromatic rings. The molecule has 0 spiro atoms. The molecule has 0 aromatic carbocycles. The normalized spacial score (nSPS) is 17.8. The Morgan fingerprint density at radius 2 is 2.14 bits per heavy atom. The van der Waals surface area contributed by atoms with Crippen LogP contribution in [0.2, 0.25) is 0 Å². The second-order valence-corrected chi connectivity index (χ2v) is 7.60. The van der Waals surface area contributed by atoms with Gasteiger partial charge in [-0.1, -0.05) is 0 Å². The molecule has 0 radical (unpaired) electrons. The predicted molar refractivity (Wildman–Crippen MR) is 104 cm³/mol. The molecule has 1 N–H and O–H groups in total. The van der Waals surface area contributed by atoms with Crippen LogP contribution in [0.15, 0.2) is 24.2 Å². The second kappa shape index (κ2) is 9.52. The van der Waals surface area contributed by atoms with E-state index in [0.717, 1.165) is 18.9 Å². The topological polar surface area (TPSA) is 80.8 Å². The zero-order valence-corrected chi connectivity index (χ0v) is 16.8. The third-order valence-corrected chi connectivity index (χ3v) is 3.98.